The number of rotatable bonds is 5. The lowest BCUT2D eigenvalue weighted by atomic mass is 10.2. The maximum Gasteiger partial charge on any atom is 0.210 e. The molecule has 2 aromatic heterocycles. The third-order valence-electron chi connectivity index (χ3n) is 3.84. The van der Waals surface area contributed by atoms with Crippen molar-refractivity contribution in [3.05, 3.63) is 30.2 Å². The Balaban J connectivity index is 1.50. The van der Waals surface area contributed by atoms with Crippen molar-refractivity contribution in [2.45, 2.75) is 42.8 Å². The highest BCUT2D eigenvalue weighted by molar-refractivity contribution is 7.99. The van der Waals surface area contributed by atoms with Gasteiger partial charge in [0.05, 0.1) is 17.9 Å². The monoisotopic (exact) mass is 331 g/mol. The number of nitrogens with zero attached hydrogens (tertiary/aromatic N) is 5. The van der Waals surface area contributed by atoms with Gasteiger partial charge in [-0.15, -0.1) is 5.10 Å². The van der Waals surface area contributed by atoms with Gasteiger partial charge >= 0.3 is 0 Å². The molecule has 0 spiro atoms. The number of aromatic nitrogens is 5. The third kappa shape index (κ3) is 3.09. The number of hydrogen-bond donors (Lipinski definition) is 0. The predicted octanol–water partition coefficient (Wildman–Crippen LogP) is 2.85. The molecule has 2 atom stereocenters. The summed E-state index contributed by atoms with van der Waals surface area (Å²) in [4.78, 5) is 4.54. The largest absolute Gasteiger partial charge is 0.439 e. The zero-order valence-electron chi connectivity index (χ0n) is 12.8. The van der Waals surface area contributed by atoms with Crippen LogP contribution in [0.5, 0.6) is 0 Å². The molecule has 0 N–H and O–H groups in total. The average Bonchev–Trinajstić information content (AvgIpc) is 3.28. The summed E-state index contributed by atoms with van der Waals surface area (Å²) in [6, 6.07) is 7.76. The first kappa shape index (κ1) is 14.6. The molecule has 0 saturated carbocycles. The molecular formula is C15H17N5O2S. The highest BCUT2D eigenvalue weighted by Crippen LogP contribution is 2.34. The molecule has 2 unspecified atom stereocenters. The number of oxazole rings is 1. The summed E-state index contributed by atoms with van der Waals surface area (Å²) in [5.41, 5.74) is 1.67. The fourth-order valence-electron chi connectivity index (χ4n) is 2.65. The van der Waals surface area contributed by atoms with E-state index in [0.29, 0.717) is 12.4 Å². The van der Waals surface area contributed by atoms with Crippen LogP contribution in [0.2, 0.25) is 0 Å². The van der Waals surface area contributed by atoms with Crippen molar-refractivity contribution in [1.29, 1.82) is 0 Å². The van der Waals surface area contributed by atoms with Crippen LogP contribution in [0.3, 0.4) is 0 Å². The van der Waals surface area contributed by atoms with E-state index in [4.69, 9.17) is 9.15 Å². The molecule has 1 saturated heterocycles. The average molecular weight is 331 g/mol. The van der Waals surface area contributed by atoms with Crippen molar-refractivity contribution in [1.82, 2.24) is 25.2 Å². The molecule has 0 radical (unpaired) electrons. The van der Waals surface area contributed by atoms with E-state index in [1.807, 2.05) is 31.2 Å². The molecule has 1 aliphatic heterocycles. The highest BCUT2D eigenvalue weighted by atomic mass is 32.2. The van der Waals surface area contributed by atoms with E-state index >= 15 is 0 Å². The quantitative estimate of drug-likeness (QED) is 0.665. The molecule has 3 aromatic rings. The van der Waals surface area contributed by atoms with Gasteiger partial charge in [-0.3, -0.25) is 0 Å². The van der Waals surface area contributed by atoms with Crippen molar-refractivity contribution in [2.75, 3.05) is 6.61 Å². The number of fused-ring (bicyclic) bond motifs is 1. The lowest BCUT2D eigenvalue weighted by Crippen LogP contribution is -2.17. The maximum atomic E-state index is 5.82. The number of thioether (sulfide) groups is 1. The van der Waals surface area contributed by atoms with Gasteiger partial charge in [-0.2, -0.15) is 0 Å². The summed E-state index contributed by atoms with van der Waals surface area (Å²) >= 11 is 1.54. The molecule has 4 rings (SSSR count). The van der Waals surface area contributed by atoms with Gasteiger partial charge in [-0.05, 0) is 42.3 Å². The number of para-hydroxylation sites is 2. The van der Waals surface area contributed by atoms with Gasteiger partial charge in [-0.1, -0.05) is 23.9 Å². The van der Waals surface area contributed by atoms with Gasteiger partial charge in [0.1, 0.15) is 5.52 Å². The summed E-state index contributed by atoms with van der Waals surface area (Å²) < 4.78 is 13.3. The molecule has 0 bridgehead atoms. The van der Waals surface area contributed by atoms with Crippen LogP contribution in [0.15, 0.2) is 33.8 Å². The van der Waals surface area contributed by atoms with Crippen LogP contribution in [-0.2, 0) is 11.3 Å². The summed E-state index contributed by atoms with van der Waals surface area (Å²) in [7, 11) is 0. The van der Waals surface area contributed by atoms with E-state index in [1.165, 1.54) is 0 Å². The van der Waals surface area contributed by atoms with Crippen molar-refractivity contribution >= 4 is 22.9 Å². The second-order valence-electron chi connectivity index (χ2n) is 5.56. The van der Waals surface area contributed by atoms with Crippen molar-refractivity contribution in [3.63, 3.8) is 0 Å². The summed E-state index contributed by atoms with van der Waals surface area (Å²) in [5, 5.41) is 12.8. The summed E-state index contributed by atoms with van der Waals surface area (Å²) in [6.45, 7) is 3.56. The molecular weight excluding hydrogens is 314 g/mol. The molecule has 1 aromatic carbocycles. The molecule has 1 aliphatic rings. The van der Waals surface area contributed by atoms with Crippen LogP contribution in [0.1, 0.15) is 30.9 Å². The lowest BCUT2D eigenvalue weighted by Gasteiger charge is -2.11. The Hall–Kier alpha value is -1.93. The fraction of sp³-hybridized carbons (Fsp3) is 0.467. The Kier molecular flexibility index (Phi) is 4.00. The normalized spacial score (nSPS) is 19.4. The Morgan fingerprint density at radius 3 is 3.13 bits per heavy atom. The SMILES string of the molecule is CC(Sc1nnnn1CC1CCCO1)c1nc2ccccc2o1. The van der Waals surface area contributed by atoms with Gasteiger partial charge in [-0.25, -0.2) is 9.67 Å². The van der Waals surface area contributed by atoms with Gasteiger partial charge in [0.25, 0.3) is 0 Å². The van der Waals surface area contributed by atoms with Gasteiger partial charge in [0.2, 0.25) is 11.0 Å². The minimum absolute atomic E-state index is 0.0247. The molecule has 8 heteroatoms. The summed E-state index contributed by atoms with van der Waals surface area (Å²) in [5.74, 6) is 0.683. The smallest absolute Gasteiger partial charge is 0.210 e. The summed E-state index contributed by atoms with van der Waals surface area (Å²) in [6.07, 6.45) is 2.37. The topological polar surface area (TPSA) is 78.9 Å². The lowest BCUT2D eigenvalue weighted by molar-refractivity contribution is 0.0911. The van der Waals surface area contributed by atoms with Gasteiger partial charge < -0.3 is 9.15 Å². The van der Waals surface area contributed by atoms with E-state index in [0.717, 1.165) is 35.7 Å². The highest BCUT2D eigenvalue weighted by Gasteiger charge is 2.22. The molecule has 1 fully saturated rings. The van der Waals surface area contributed by atoms with Crippen LogP contribution in [0.4, 0.5) is 0 Å². The van der Waals surface area contributed by atoms with Crippen molar-refractivity contribution in [3.8, 4) is 0 Å². The van der Waals surface area contributed by atoms with Crippen LogP contribution < -0.4 is 0 Å². The maximum absolute atomic E-state index is 5.82. The Morgan fingerprint density at radius 2 is 2.30 bits per heavy atom. The molecule has 3 heterocycles. The Labute approximate surface area is 137 Å². The molecule has 23 heavy (non-hydrogen) atoms. The van der Waals surface area contributed by atoms with Gasteiger partial charge in [0, 0.05) is 6.61 Å². The Morgan fingerprint density at radius 1 is 1.39 bits per heavy atom. The molecule has 7 nitrogen and oxygen atoms in total. The molecule has 0 amide bonds. The van der Waals surface area contributed by atoms with Crippen molar-refractivity contribution in [2.24, 2.45) is 0 Å². The van der Waals surface area contributed by atoms with Gasteiger partial charge in [0.15, 0.2) is 5.58 Å². The van der Waals surface area contributed by atoms with E-state index in [2.05, 4.69) is 20.5 Å². The molecule has 120 valence electrons. The number of tetrazole rings is 1. The standard InChI is InChI=1S/C15H17N5O2S/c1-10(14-16-12-6-2-3-7-13(12)22-14)23-15-17-18-19-20(15)9-11-5-4-8-21-11/h2-3,6-7,10-11H,4-5,8-9H2,1H3. The minimum atomic E-state index is 0.0247. The number of benzene rings is 1. The minimum Gasteiger partial charge on any atom is -0.439 e. The Bertz CT molecular complexity index is 763. The molecule has 0 aliphatic carbocycles. The second-order valence-corrected chi connectivity index (χ2v) is 6.87. The third-order valence-corrected chi connectivity index (χ3v) is 4.90. The van der Waals surface area contributed by atoms with E-state index in [1.54, 1.807) is 16.4 Å². The first-order valence-electron chi connectivity index (χ1n) is 7.69. The first-order chi connectivity index (χ1) is 11.3. The van der Waals surface area contributed by atoms with Crippen LogP contribution in [0.25, 0.3) is 11.1 Å². The van der Waals surface area contributed by atoms with Crippen LogP contribution >= 0.6 is 11.8 Å². The number of hydrogen-bond acceptors (Lipinski definition) is 7. The zero-order valence-corrected chi connectivity index (χ0v) is 13.6. The van der Waals surface area contributed by atoms with E-state index < -0.39 is 0 Å². The predicted molar refractivity (Wildman–Crippen MR) is 85.1 cm³/mol. The number of ether oxygens (including phenoxy) is 1. The van der Waals surface area contributed by atoms with E-state index in [9.17, 15) is 0 Å². The van der Waals surface area contributed by atoms with E-state index in [-0.39, 0.29) is 11.4 Å². The first-order valence-corrected chi connectivity index (χ1v) is 8.57. The zero-order chi connectivity index (χ0) is 15.6. The second kappa shape index (κ2) is 6.29. The van der Waals surface area contributed by atoms with Crippen molar-refractivity contribution < 1.29 is 9.15 Å². The fourth-order valence-corrected chi connectivity index (χ4v) is 3.48. The van der Waals surface area contributed by atoms with Crippen LogP contribution in [0, 0.1) is 0 Å². The van der Waals surface area contributed by atoms with Crippen LogP contribution in [-0.4, -0.2) is 37.9 Å².